The van der Waals surface area contributed by atoms with E-state index in [1.54, 1.807) is 37.8 Å². The van der Waals surface area contributed by atoms with Gasteiger partial charge in [0, 0.05) is 74.7 Å². The van der Waals surface area contributed by atoms with Crippen molar-refractivity contribution < 1.29 is 9.84 Å². The van der Waals surface area contributed by atoms with E-state index in [9.17, 15) is 14.7 Å². The number of piperazine rings is 1. The molecule has 12 nitrogen and oxygen atoms in total. The average molecular weight is 649 g/mol. The summed E-state index contributed by atoms with van der Waals surface area (Å²) in [4.78, 5) is 41.1. The first-order chi connectivity index (χ1) is 23.4. The van der Waals surface area contributed by atoms with Gasteiger partial charge in [0.15, 0.2) is 0 Å². The Morgan fingerprint density at radius 1 is 1.02 bits per heavy atom. The van der Waals surface area contributed by atoms with Crippen LogP contribution < -0.4 is 21.3 Å². The molecule has 1 atom stereocenters. The molecule has 1 unspecified atom stereocenters. The van der Waals surface area contributed by atoms with Crippen LogP contribution in [0.2, 0.25) is 0 Å². The monoisotopic (exact) mass is 648 g/mol. The predicted molar refractivity (Wildman–Crippen MR) is 185 cm³/mol. The molecular weight excluding hydrogens is 608 g/mol. The van der Waals surface area contributed by atoms with Gasteiger partial charge < -0.3 is 29.2 Å². The van der Waals surface area contributed by atoms with Crippen molar-refractivity contribution in [3.8, 4) is 16.9 Å². The van der Waals surface area contributed by atoms with Crippen molar-refractivity contribution in [2.75, 3.05) is 43.1 Å². The van der Waals surface area contributed by atoms with Gasteiger partial charge in [0.25, 0.3) is 11.1 Å². The smallest absolute Gasteiger partial charge is 0.274 e. The van der Waals surface area contributed by atoms with E-state index in [1.165, 1.54) is 14.8 Å². The SMILES string of the molecule is CC1CN(C2COC2)CCN1c1ccc(Nc2cc(-c3ccnc(-n4ccc5c(cc6n5CCCC6)c4=O)c3CO)cn(C)c2=O)nc1. The molecule has 0 saturated carbocycles. The number of rotatable bonds is 7. The van der Waals surface area contributed by atoms with Gasteiger partial charge in [0.05, 0.1) is 48.6 Å². The molecule has 2 fully saturated rings. The highest BCUT2D eigenvalue weighted by Crippen LogP contribution is 2.30. The van der Waals surface area contributed by atoms with Crippen molar-refractivity contribution in [2.45, 2.75) is 51.4 Å². The number of hydrogen-bond acceptors (Lipinski definition) is 9. The number of anilines is 3. The number of aryl methyl sites for hydroxylation is 3. The first-order valence-electron chi connectivity index (χ1n) is 16.7. The van der Waals surface area contributed by atoms with Gasteiger partial charge in [-0.3, -0.25) is 19.1 Å². The highest BCUT2D eigenvalue weighted by atomic mass is 16.5. The Kier molecular flexibility index (Phi) is 7.86. The third kappa shape index (κ3) is 5.29. The highest BCUT2D eigenvalue weighted by Gasteiger charge is 2.32. The van der Waals surface area contributed by atoms with E-state index in [-0.39, 0.29) is 17.7 Å². The molecule has 48 heavy (non-hydrogen) atoms. The van der Waals surface area contributed by atoms with Gasteiger partial charge >= 0.3 is 0 Å². The first kappa shape index (κ1) is 30.5. The predicted octanol–water partition coefficient (Wildman–Crippen LogP) is 3.43. The summed E-state index contributed by atoms with van der Waals surface area (Å²) >= 11 is 0. The molecular formula is C36H40N8O4. The lowest BCUT2D eigenvalue weighted by Crippen LogP contribution is -2.59. The Morgan fingerprint density at radius 3 is 2.65 bits per heavy atom. The lowest BCUT2D eigenvalue weighted by molar-refractivity contribution is -0.0691. The minimum atomic E-state index is -0.342. The molecule has 8 heterocycles. The van der Waals surface area contributed by atoms with Crippen LogP contribution in [0.1, 0.15) is 31.0 Å². The normalized spacial score (nSPS) is 18.6. The van der Waals surface area contributed by atoms with Gasteiger partial charge in [-0.1, -0.05) is 0 Å². The zero-order valence-corrected chi connectivity index (χ0v) is 27.3. The molecule has 2 N–H and O–H groups in total. The fraction of sp³-hybridized carbons (Fsp3) is 0.389. The molecule has 3 aliphatic heterocycles. The first-order valence-corrected chi connectivity index (χ1v) is 16.7. The van der Waals surface area contributed by atoms with Crippen LogP contribution in [0.5, 0.6) is 0 Å². The van der Waals surface area contributed by atoms with Crippen molar-refractivity contribution in [1.29, 1.82) is 0 Å². The maximum absolute atomic E-state index is 13.8. The molecule has 12 heteroatoms. The van der Waals surface area contributed by atoms with Crippen molar-refractivity contribution in [2.24, 2.45) is 7.05 Å². The summed E-state index contributed by atoms with van der Waals surface area (Å²) in [5.41, 5.74) is 4.98. The lowest BCUT2D eigenvalue weighted by Gasteiger charge is -2.46. The molecule has 0 aromatic carbocycles. The quantitative estimate of drug-likeness (QED) is 0.273. The number of aliphatic hydroxyl groups is 1. The minimum Gasteiger partial charge on any atom is -0.392 e. The molecule has 8 rings (SSSR count). The van der Waals surface area contributed by atoms with E-state index in [2.05, 4.69) is 36.6 Å². The Morgan fingerprint density at radius 2 is 1.90 bits per heavy atom. The Hall–Kier alpha value is -4.78. The zero-order valence-electron chi connectivity index (χ0n) is 27.3. The van der Waals surface area contributed by atoms with Crippen LogP contribution >= 0.6 is 0 Å². The second-order valence-electron chi connectivity index (χ2n) is 13.2. The number of pyridine rings is 4. The molecule has 2 saturated heterocycles. The second kappa shape index (κ2) is 12.3. The van der Waals surface area contributed by atoms with E-state index in [1.807, 2.05) is 30.5 Å². The van der Waals surface area contributed by atoms with Gasteiger partial charge in [0.2, 0.25) is 0 Å². The van der Waals surface area contributed by atoms with Gasteiger partial charge in [-0.2, -0.15) is 0 Å². The van der Waals surface area contributed by atoms with E-state index in [0.717, 1.165) is 69.9 Å². The van der Waals surface area contributed by atoms with E-state index in [0.29, 0.717) is 51.5 Å². The van der Waals surface area contributed by atoms with Crippen LogP contribution in [0.3, 0.4) is 0 Å². The third-order valence-electron chi connectivity index (χ3n) is 10.2. The van der Waals surface area contributed by atoms with Crippen molar-refractivity contribution >= 4 is 28.1 Å². The van der Waals surface area contributed by atoms with Crippen LogP contribution in [-0.4, -0.2) is 78.6 Å². The molecule has 248 valence electrons. The van der Waals surface area contributed by atoms with Crippen molar-refractivity contribution in [3.05, 3.63) is 93.2 Å². The molecule has 0 bridgehead atoms. The van der Waals surface area contributed by atoms with E-state index in [4.69, 9.17) is 4.74 Å². The maximum atomic E-state index is 13.8. The standard InChI is InChI=1S/C36H40N8O4/c1-23-18-41(27-21-48-22-27)13-14-42(23)26-6-7-33(38-17-26)39-31-15-24(19-40(2)36(31)47)28-8-10-37-34(30(28)20-45)44-12-9-32-29(35(44)46)16-25-5-3-4-11-43(25)32/h6-10,12,15-17,19,23,27,45H,3-5,11,13-14,18,20-22H2,1-2H3,(H,38,39). The molecule has 5 aromatic rings. The second-order valence-corrected chi connectivity index (χ2v) is 13.2. The molecule has 0 spiro atoms. The summed E-state index contributed by atoms with van der Waals surface area (Å²) in [6.07, 6.45) is 10.1. The number of ether oxygens (including phenoxy) is 1. The fourth-order valence-electron chi connectivity index (χ4n) is 7.49. The van der Waals surface area contributed by atoms with Crippen LogP contribution in [0.4, 0.5) is 17.2 Å². The molecule has 3 aliphatic rings. The van der Waals surface area contributed by atoms with Crippen molar-refractivity contribution in [3.63, 3.8) is 0 Å². The van der Waals surface area contributed by atoms with Gasteiger partial charge in [-0.15, -0.1) is 0 Å². The topological polar surface area (TPSA) is 123 Å². The van der Waals surface area contributed by atoms with E-state index < -0.39 is 0 Å². The number of hydrogen-bond donors (Lipinski definition) is 2. The number of nitrogens with zero attached hydrogens (tertiary/aromatic N) is 7. The summed E-state index contributed by atoms with van der Waals surface area (Å²) in [5.74, 6) is 0.918. The zero-order chi connectivity index (χ0) is 32.9. The van der Waals surface area contributed by atoms with Crippen LogP contribution in [0.25, 0.3) is 27.8 Å². The number of aliphatic hydroxyl groups excluding tert-OH is 1. The van der Waals surface area contributed by atoms with Gasteiger partial charge in [0.1, 0.15) is 17.3 Å². The minimum absolute atomic E-state index is 0.171. The number of nitrogens with one attached hydrogen (secondary N) is 1. The summed E-state index contributed by atoms with van der Waals surface area (Å²) in [6, 6.07) is 12.3. The highest BCUT2D eigenvalue weighted by molar-refractivity contribution is 5.81. The number of fused-ring (bicyclic) bond motifs is 3. The van der Waals surface area contributed by atoms with Gasteiger partial charge in [-0.05, 0) is 68.1 Å². The Bertz CT molecular complexity index is 2110. The third-order valence-corrected chi connectivity index (χ3v) is 10.2. The van der Waals surface area contributed by atoms with Crippen LogP contribution in [0, 0.1) is 0 Å². The molecule has 5 aromatic heterocycles. The summed E-state index contributed by atoms with van der Waals surface area (Å²) in [7, 11) is 1.69. The molecule has 0 radical (unpaired) electrons. The van der Waals surface area contributed by atoms with Crippen molar-refractivity contribution in [1.82, 2.24) is 28.6 Å². The van der Waals surface area contributed by atoms with Crippen LogP contribution in [-0.2, 0) is 31.4 Å². The average Bonchev–Trinajstić information content (AvgIpc) is 3.46. The van der Waals surface area contributed by atoms with E-state index >= 15 is 0 Å². The maximum Gasteiger partial charge on any atom is 0.274 e. The molecule has 0 amide bonds. The molecule has 0 aliphatic carbocycles. The van der Waals surface area contributed by atoms with Gasteiger partial charge in [-0.25, -0.2) is 9.97 Å². The Balaban J connectivity index is 1.08. The summed E-state index contributed by atoms with van der Waals surface area (Å²) in [5, 5.41) is 14.5. The number of aromatic nitrogens is 5. The Labute approximate surface area is 277 Å². The largest absolute Gasteiger partial charge is 0.392 e. The summed E-state index contributed by atoms with van der Waals surface area (Å²) < 4.78 is 10.6. The summed E-state index contributed by atoms with van der Waals surface area (Å²) in [6.45, 7) is 7.35. The lowest BCUT2D eigenvalue weighted by atomic mass is 10.0. The van der Waals surface area contributed by atoms with Crippen LogP contribution in [0.15, 0.2) is 70.8 Å². The fourth-order valence-corrected chi connectivity index (χ4v) is 7.49.